The maximum Gasteiger partial charge on any atom is 0.416 e. The maximum atomic E-state index is 12.9. The highest BCUT2D eigenvalue weighted by molar-refractivity contribution is 8.04. The van der Waals surface area contributed by atoms with E-state index in [1.54, 1.807) is 24.3 Å². The fourth-order valence-electron chi connectivity index (χ4n) is 2.73. The van der Waals surface area contributed by atoms with E-state index in [1.165, 1.54) is 23.9 Å². The molecular formula is C20H10ClF3O2S. The Morgan fingerprint density at radius 2 is 1.78 bits per heavy atom. The van der Waals surface area contributed by atoms with Crippen LogP contribution in [-0.2, 0) is 6.18 Å². The van der Waals surface area contributed by atoms with Crippen molar-refractivity contribution in [2.45, 2.75) is 11.1 Å². The van der Waals surface area contributed by atoms with E-state index in [1.807, 2.05) is 12.1 Å². The Labute approximate surface area is 161 Å². The van der Waals surface area contributed by atoms with E-state index in [0.29, 0.717) is 16.2 Å². The van der Waals surface area contributed by atoms with Gasteiger partial charge < -0.3 is 4.42 Å². The summed E-state index contributed by atoms with van der Waals surface area (Å²) in [5.41, 5.74) is -0.0403. The van der Waals surface area contributed by atoms with Gasteiger partial charge in [-0.2, -0.15) is 13.2 Å². The molecule has 1 aliphatic rings. The lowest BCUT2D eigenvalue weighted by Crippen LogP contribution is -2.04. The van der Waals surface area contributed by atoms with Crippen molar-refractivity contribution in [1.29, 1.82) is 0 Å². The Morgan fingerprint density at radius 3 is 2.52 bits per heavy atom. The molecule has 2 nitrogen and oxygen atoms in total. The molecule has 136 valence electrons. The van der Waals surface area contributed by atoms with Gasteiger partial charge in [-0.15, -0.1) is 0 Å². The number of Topliss-reactive ketones (excluding diaryl/α,β-unsaturated/α-hetero) is 1. The number of fused-ring (bicyclic) bond motifs is 1. The number of hydrogen-bond donors (Lipinski definition) is 0. The molecule has 3 aromatic rings. The van der Waals surface area contributed by atoms with Gasteiger partial charge in [-0.05, 0) is 48.5 Å². The predicted molar refractivity (Wildman–Crippen MR) is 98.8 cm³/mol. The van der Waals surface area contributed by atoms with E-state index in [4.69, 9.17) is 16.0 Å². The van der Waals surface area contributed by atoms with Crippen molar-refractivity contribution >= 4 is 35.2 Å². The van der Waals surface area contributed by atoms with Crippen molar-refractivity contribution < 1.29 is 22.4 Å². The molecule has 0 atom stereocenters. The van der Waals surface area contributed by atoms with Gasteiger partial charge in [0.25, 0.3) is 0 Å². The number of allylic oxidation sites excluding steroid dienone is 1. The average Bonchev–Trinajstić information content (AvgIpc) is 3.20. The van der Waals surface area contributed by atoms with Crippen molar-refractivity contribution in [3.05, 3.63) is 81.4 Å². The maximum absolute atomic E-state index is 12.9. The monoisotopic (exact) mass is 406 g/mol. The summed E-state index contributed by atoms with van der Waals surface area (Å²) in [6.45, 7) is 0. The third-order valence-corrected chi connectivity index (χ3v) is 5.46. The summed E-state index contributed by atoms with van der Waals surface area (Å²) >= 11 is 7.37. The van der Waals surface area contributed by atoms with E-state index >= 15 is 0 Å². The van der Waals surface area contributed by atoms with Crippen molar-refractivity contribution in [3.8, 4) is 11.3 Å². The molecule has 1 aromatic heterocycles. The number of thioether (sulfide) groups is 1. The lowest BCUT2D eigenvalue weighted by atomic mass is 10.1. The number of carbonyl (C=O) groups excluding carboxylic acids is 1. The standard InChI is InChI=1S/C20H10ClF3O2S/c21-15-7-5-11(20(22,23)24)9-14(15)16-8-6-12(26-16)10-18-19(25)13-3-1-2-4-17(13)27-18/h1-10H/b18-10-. The van der Waals surface area contributed by atoms with E-state index in [9.17, 15) is 18.0 Å². The van der Waals surface area contributed by atoms with E-state index in [2.05, 4.69) is 0 Å². The molecule has 0 saturated carbocycles. The number of ketones is 1. The first-order chi connectivity index (χ1) is 12.8. The van der Waals surface area contributed by atoms with Gasteiger partial charge >= 0.3 is 6.18 Å². The Hall–Kier alpha value is -2.44. The van der Waals surface area contributed by atoms with Gasteiger partial charge in [0.05, 0.1) is 15.5 Å². The van der Waals surface area contributed by atoms with Crippen LogP contribution in [0.1, 0.15) is 21.7 Å². The molecule has 1 aliphatic heterocycles. The molecule has 4 rings (SSSR count). The van der Waals surface area contributed by atoms with Crippen LogP contribution in [0.3, 0.4) is 0 Å². The molecule has 0 unspecified atom stereocenters. The summed E-state index contributed by atoms with van der Waals surface area (Å²) in [5, 5.41) is 0.148. The quantitative estimate of drug-likeness (QED) is 0.431. The van der Waals surface area contributed by atoms with E-state index in [0.717, 1.165) is 17.0 Å². The van der Waals surface area contributed by atoms with E-state index in [-0.39, 0.29) is 22.1 Å². The molecule has 7 heteroatoms. The van der Waals surface area contributed by atoms with Gasteiger partial charge in [0.2, 0.25) is 5.78 Å². The minimum Gasteiger partial charge on any atom is -0.457 e. The van der Waals surface area contributed by atoms with Crippen LogP contribution >= 0.6 is 23.4 Å². The summed E-state index contributed by atoms with van der Waals surface area (Å²) in [7, 11) is 0. The minimum atomic E-state index is -4.48. The molecular weight excluding hydrogens is 397 g/mol. The summed E-state index contributed by atoms with van der Waals surface area (Å²) < 4.78 is 44.5. The summed E-state index contributed by atoms with van der Waals surface area (Å²) in [6, 6.07) is 13.4. The SMILES string of the molecule is O=C1/C(=C/c2ccc(-c3cc(C(F)(F)F)ccc3Cl)o2)Sc2ccccc21. The highest BCUT2D eigenvalue weighted by Crippen LogP contribution is 2.41. The molecule has 0 bridgehead atoms. The van der Waals surface area contributed by atoms with Gasteiger partial charge in [0.1, 0.15) is 11.5 Å². The Balaban J connectivity index is 1.67. The first kappa shape index (κ1) is 17.9. The highest BCUT2D eigenvalue weighted by Gasteiger charge is 2.31. The molecule has 2 aromatic carbocycles. The Kier molecular flexibility index (Phi) is 4.40. The summed E-state index contributed by atoms with van der Waals surface area (Å²) in [6.07, 6.45) is -2.90. The third kappa shape index (κ3) is 3.42. The van der Waals surface area contributed by atoms with Crippen LogP contribution in [0.4, 0.5) is 13.2 Å². The minimum absolute atomic E-state index is 0.106. The van der Waals surface area contributed by atoms with Crippen LogP contribution in [0.25, 0.3) is 17.4 Å². The fraction of sp³-hybridized carbons (Fsp3) is 0.0500. The highest BCUT2D eigenvalue weighted by atomic mass is 35.5. The normalized spacial score (nSPS) is 15.4. The first-order valence-electron chi connectivity index (χ1n) is 7.83. The predicted octanol–water partition coefficient (Wildman–Crippen LogP) is 6.95. The van der Waals surface area contributed by atoms with Crippen LogP contribution in [0, 0.1) is 0 Å². The van der Waals surface area contributed by atoms with Gasteiger partial charge in [-0.25, -0.2) is 0 Å². The molecule has 0 amide bonds. The van der Waals surface area contributed by atoms with E-state index < -0.39 is 11.7 Å². The summed E-state index contributed by atoms with van der Waals surface area (Å²) in [4.78, 5) is 13.8. The van der Waals surface area contributed by atoms with Crippen molar-refractivity contribution in [1.82, 2.24) is 0 Å². The molecule has 0 spiro atoms. The van der Waals surface area contributed by atoms with Gasteiger partial charge in [-0.1, -0.05) is 35.5 Å². The molecule has 0 radical (unpaired) electrons. The Bertz CT molecular complexity index is 1080. The lowest BCUT2D eigenvalue weighted by Gasteiger charge is -2.09. The number of hydrogen-bond acceptors (Lipinski definition) is 3. The molecule has 0 N–H and O–H groups in total. The first-order valence-corrected chi connectivity index (χ1v) is 9.02. The van der Waals surface area contributed by atoms with Crippen LogP contribution in [-0.4, -0.2) is 5.78 Å². The summed E-state index contributed by atoms with van der Waals surface area (Å²) in [5.74, 6) is 0.457. The molecule has 0 saturated heterocycles. The molecule has 0 aliphatic carbocycles. The third-order valence-electron chi connectivity index (χ3n) is 4.03. The van der Waals surface area contributed by atoms with Crippen LogP contribution < -0.4 is 0 Å². The number of alkyl halides is 3. The number of carbonyl (C=O) groups is 1. The average molecular weight is 407 g/mol. The van der Waals surface area contributed by atoms with Crippen molar-refractivity contribution in [2.75, 3.05) is 0 Å². The van der Waals surface area contributed by atoms with Crippen molar-refractivity contribution in [3.63, 3.8) is 0 Å². The van der Waals surface area contributed by atoms with Crippen LogP contribution in [0.15, 0.2) is 68.8 Å². The number of furan rings is 1. The number of halogens is 4. The largest absolute Gasteiger partial charge is 0.457 e. The molecule has 27 heavy (non-hydrogen) atoms. The zero-order valence-electron chi connectivity index (χ0n) is 13.5. The van der Waals surface area contributed by atoms with Crippen molar-refractivity contribution in [2.24, 2.45) is 0 Å². The van der Waals surface area contributed by atoms with Crippen LogP contribution in [0.2, 0.25) is 5.02 Å². The lowest BCUT2D eigenvalue weighted by molar-refractivity contribution is -0.137. The molecule has 2 heterocycles. The zero-order valence-corrected chi connectivity index (χ0v) is 15.1. The fourth-order valence-corrected chi connectivity index (χ4v) is 3.97. The van der Waals surface area contributed by atoms with Gasteiger partial charge in [-0.3, -0.25) is 4.79 Å². The smallest absolute Gasteiger partial charge is 0.416 e. The van der Waals surface area contributed by atoms with Gasteiger partial charge in [0.15, 0.2) is 0 Å². The van der Waals surface area contributed by atoms with Gasteiger partial charge in [0, 0.05) is 16.0 Å². The second kappa shape index (κ2) is 6.62. The topological polar surface area (TPSA) is 30.2 Å². The molecule has 0 fully saturated rings. The second-order valence-electron chi connectivity index (χ2n) is 5.83. The zero-order chi connectivity index (χ0) is 19.2. The second-order valence-corrected chi connectivity index (χ2v) is 7.32. The number of rotatable bonds is 2. The number of benzene rings is 2. The van der Waals surface area contributed by atoms with Crippen LogP contribution in [0.5, 0.6) is 0 Å². The Morgan fingerprint density at radius 1 is 1.00 bits per heavy atom.